The van der Waals surface area contributed by atoms with Crippen LogP contribution in [0.25, 0.3) is 0 Å². The summed E-state index contributed by atoms with van der Waals surface area (Å²) in [5, 5.41) is 0. The first-order valence-electron chi connectivity index (χ1n) is 6.18. The van der Waals surface area contributed by atoms with Gasteiger partial charge in [-0.15, -0.1) is 0 Å². The van der Waals surface area contributed by atoms with Crippen molar-refractivity contribution in [2.75, 3.05) is 20.2 Å². The van der Waals surface area contributed by atoms with E-state index >= 15 is 0 Å². The Kier molecular flexibility index (Phi) is 3.67. The number of hydrogen-bond donors (Lipinski definition) is 0. The van der Waals surface area contributed by atoms with Gasteiger partial charge in [-0.3, -0.25) is 4.79 Å². The summed E-state index contributed by atoms with van der Waals surface area (Å²) in [4.78, 5) is 13.7. The normalized spacial score (nSPS) is 14.4. The number of ether oxygens (including phenoxy) is 1. The van der Waals surface area contributed by atoms with Crippen LogP contribution in [0.2, 0.25) is 0 Å². The SMILES string of the molecule is CCc1ccc(CC(=O)N2CCC2)cc1OC. The van der Waals surface area contributed by atoms with Crippen LogP contribution < -0.4 is 4.74 Å². The third-order valence-corrected chi connectivity index (χ3v) is 3.30. The van der Waals surface area contributed by atoms with Gasteiger partial charge in [0.25, 0.3) is 0 Å². The molecule has 0 saturated carbocycles. The number of methoxy groups -OCH3 is 1. The van der Waals surface area contributed by atoms with E-state index in [0.29, 0.717) is 6.42 Å². The lowest BCUT2D eigenvalue weighted by atomic mass is 10.0. The van der Waals surface area contributed by atoms with Crippen LogP contribution in [0.1, 0.15) is 24.5 Å². The van der Waals surface area contributed by atoms with Crippen LogP contribution >= 0.6 is 0 Å². The molecule has 1 aliphatic heterocycles. The highest BCUT2D eigenvalue weighted by Gasteiger charge is 2.20. The Labute approximate surface area is 102 Å². The topological polar surface area (TPSA) is 29.5 Å². The number of aryl methyl sites for hydroxylation is 1. The summed E-state index contributed by atoms with van der Waals surface area (Å²) in [5.74, 6) is 1.11. The Morgan fingerprint density at radius 3 is 2.71 bits per heavy atom. The summed E-state index contributed by atoms with van der Waals surface area (Å²) in [7, 11) is 1.68. The van der Waals surface area contributed by atoms with E-state index in [2.05, 4.69) is 13.0 Å². The van der Waals surface area contributed by atoms with Gasteiger partial charge in [-0.25, -0.2) is 0 Å². The Bertz CT molecular complexity index is 411. The van der Waals surface area contributed by atoms with Crippen molar-refractivity contribution < 1.29 is 9.53 Å². The smallest absolute Gasteiger partial charge is 0.226 e. The van der Waals surface area contributed by atoms with Gasteiger partial charge in [0.15, 0.2) is 0 Å². The van der Waals surface area contributed by atoms with Crippen LogP contribution in [-0.2, 0) is 17.6 Å². The summed E-state index contributed by atoms with van der Waals surface area (Å²) < 4.78 is 5.33. The molecule has 3 nitrogen and oxygen atoms in total. The zero-order valence-corrected chi connectivity index (χ0v) is 10.5. The highest BCUT2D eigenvalue weighted by atomic mass is 16.5. The molecule has 1 aliphatic rings. The third-order valence-electron chi connectivity index (χ3n) is 3.30. The zero-order valence-electron chi connectivity index (χ0n) is 10.5. The number of hydrogen-bond acceptors (Lipinski definition) is 2. The molecule has 0 atom stereocenters. The lowest BCUT2D eigenvalue weighted by Gasteiger charge is -2.31. The first-order valence-corrected chi connectivity index (χ1v) is 6.18. The molecule has 0 radical (unpaired) electrons. The molecule has 1 saturated heterocycles. The maximum atomic E-state index is 11.8. The largest absolute Gasteiger partial charge is 0.496 e. The average molecular weight is 233 g/mol. The molecule has 92 valence electrons. The van der Waals surface area contributed by atoms with Crippen molar-refractivity contribution in [1.29, 1.82) is 0 Å². The fourth-order valence-electron chi connectivity index (χ4n) is 2.04. The Morgan fingerprint density at radius 1 is 1.41 bits per heavy atom. The average Bonchev–Trinajstić information content (AvgIpc) is 2.26. The van der Waals surface area contributed by atoms with E-state index in [1.807, 2.05) is 17.0 Å². The van der Waals surface area contributed by atoms with Gasteiger partial charge in [0.2, 0.25) is 5.91 Å². The first kappa shape index (κ1) is 12.0. The highest BCUT2D eigenvalue weighted by Crippen LogP contribution is 2.21. The maximum Gasteiger partial charge on any atom is 0.226 e. The Morgan fingerprint density at radius 2 is 2.18 bits per heavy atom. The van der Waals surface area contributed by atoms with Crippen molar-refractivity contribution >= 4 is 5.91 Å². The number of carbonyl (C=O) groups excluding carboxylic acids is 1. The summed E-state index contributed by atoms with van der Waals surface area (Å²) in [6, 6.07) is 6.06. The molecule has 0 aromatic heterocycles. The van der Waals surface area contributed by atoms with E-state index in [9.17, 15) is 4.79 Å². The highest BCUT2D eigenvalue weighted by molar-refractivity contribution is 5.79. The van der Waals surface area contributed by atoms with E-state index in [-0.39, 0.29) is 5.91 Å². The molecule has 1 aromatic rings. The minimum atomic E-state index is 0.225. The molecule has 0 aliphatic carbocycles. The maximum absolute atomic E-state index is 11.8. The minimum Gasteiger partial charge on any atom is -0.496 e. The van der Waals surface area contributed by atoms with Gasteiger partial charge in [0, 0.05) is 13.1 Å². The Balaban J connectivity index is 2.07. The first-order chi connectivity index (χ1) is 8.24. The van der Waals surface area contributed by atoms with Crippen LogP contribution in [-0.4, -0.2) is 31.0 Å². The van der Waals surface area contributed by atoms with Crippen molar-refractivity contribution in [3.05, 3.63) is 29.3 Å². The van der Waals surface area contributed by atoms with Crippen molar-refractivity contribution in [2.24, 2.45) is 0 Å². The number of benzene rings is 1. The third kappa shape index (κ3) is 2.60. The lowest BCUT2D eigenvalue weighted by molar-refractivity contribution is -0.133. The zero-order chi connectivity index (χ0) is 12.3. The summed E-state index contributed by atoms with van der Waals surface area (Å²) in [6.07, 6.45) is 2.58. The van der Waals surface area contributed by atoms with Crippen LogP contribution in [0, 0.1) is 0 Å². The Hall–Kier alpha value is -1.51. The van der Waals surface area contributed by atoms with Crippen LogP contribution in [0.3, 0.4) is 0 Å². The summed E-state index contributed by atoms with van der Waals surface area (Å²) in [5.41, 5.74) is 2.23. The van der Waals surface area contributed by atoms with Gasteiger partial charge in [-0.05, 0) is 30.0 Å². The number of amides is 1. The second-order valence-corrected chi connectivity index (χ2v) is 4.41. The molecule has 0 spiro atoms. The number of rotatable bonds is 4. The molecule has 17 heavy (non-hydrogen) atoms. The van der Waals surface area contributed by atoms with Crippen LogP contribution in [0.5, 0.6) is 5.75 Å². The van der Waals surface area contributed by atoms with Gasteiger partial charge in [0.05, 0.1) is 13.5 Å². The van der Waals surface area contributed by atoms with E-state index in [4.69, 9.17) is 4.74 Å². The van der Waals surface area contributed by atoms with Gasteiger partial charge in [0.1, 0.15) is 5.75 Å². The summed E-state index contributed by atoms with van der Waals surface area (Å²) in [6.45, 7) is 3.94. The molecular weight excluding hydrogens is 214 g/mol. The standard InChI is InChI=1S/C14H19NO2/c1-3-12-6-5-11(9-13(12)17-2)10-14(16)15-7-4-8-15/h5-6,9H,3-4,7-8,10H2,1-2H3. The number of likely N-dealkylation sites (tertiary alicyclic amines) is 1. The molecule has 3 heteroatoms. The molecule has 0 unspecified atom stereocenters. The lowest BCUT2D eigenvalue weighted by Crippen LogP contribution is -2.42. The predicted molar refractivity (Wildman–Crippen MR) is 67.3 cm³/mol. The second kappa shape index (κ2) is 5.21. The van der Waals surface area contributed by atoms with Crippen molar-refractivity contribution in [1.82, 2.24) is 4.90 Å². The molecular formula is C14H19NO2. The minimum absolute atomic E-state index is 0.225. The molecule has 1 amide bonds. The van der Waals surface area contributed by atoms with Gasteiger partial charge in [-0.2, -0.15) is 0 Å². The fourth-order valence-corrected chi connectivity index (χ4v) is 2.04. The molecule has 0 bridgehead atoms. The van der Waals surface area contributed by atoms with E-state index in [1.165, 1.54) is 5.56 Å². The van der Waals surface area contributed by atoms with Crippen LogP contribution in [0.4, 0.5) is 0 Å². The van der Waals surface area contributed by atoms with Crippen molar-refractivity contribution in [2.45, 2.75) is 26.2 Å². The fraction of sp³-hybridized carbons (Fsp3) is 0.500. The van der Waals surface area contributed by atoms with Crippen LogP contribution in [0.15, 0.2) is 18.2 Å². The number of carbonyl (C=O) groups is 1. The summed E-state index contributed by atoms with van der Waals surface area (Å²) >= 11 is 0. The number of nitrogens with zero attached hydrogens (tertiary/aromatic N) is 1. The van der Waals surface area contributed by atoms with E-state index < -0.39 is 0 Å². The predicted octanol–water partition coefficient (Wildman–Crippen LogP) is 2.03. The van der Waals surface area contributed by atoms with Gasteiger partial charge >= 0.3 is 0 Å². The van der Waals surface area contributed by atoms with E-state index in [0.717, 1.165) is 37.2 Å². The van der Waals surface area contributed by atoms with E-state index in [1.54, 1.807) is 7.11 Å². The molecule has 1 heterocycles. The monoisotopic (exact) mass is 233 g/mol. The molecule has 2 rings (SSSR count). The van der Waals surface area contributed by atoms with Crippen molar-refractivity contribution in [3.63, 3.8) is 0 Å². The van der Waals surface area contributed by atoms with Crippen molar-refractivity contribution in [3.8, 4) is 5.75 Å². The molecule has 1 aromatic carbocycles. The molecule has 0 N–H and O–H groups in total. The second-order valence-electron chi connectivity index (χ2n) is 4.41. The molecule has 1 fully saturated rings. The van der Waals surface area contributed by atoms with Gasteiger partial charge < -0.3 is 9.64 Å². The quantitative estimate of drug-likeness (QED) is 0.796. The van der Waals surface area contributed by atoms with Gasteiger partial charge in [-0.1, -0.05) is 19.1 Å².